The number of hydrogen-bond donors (Lipinski definition) is 0. The fraction of sp³-hybridized carbons (Fsp3) is 0.308. The van der Waals surface area contributed by atoms with Crippen LogP contribution < -0.4 is 4.90 Å². The highest BCUT2D eigenvalue weighted by molar-refractivity contribution is 7.09. The van der Waals surface area contributed by atoms with Crippen molar-refractivity contribution in [1.29, 1.82) is 5.26 Å². The van der Waals surface area contributed by atoms with E-state index in [1.54, 1.807) is 24.3 Å². The molecular weight excluding hydrogens is 244 g/mol. The minimum atomic E-state index is 0.417. The molecule has 0 aliphatic heterocycles. The fourth-order valence-electron chi connectivity index (χ4n) is 1.65. The third-order valence-electron chi connectivity index (χ3n) is 2.60. The van der Waals surface area contributed by atoms with Crippen LogP contribution >= 0.6 is 11.3 Å². The number of likely N-dealkylation sites (N-methyl/N-ethyl adjacent to an activating group) is 1. The monoisotopic (exact) mass is 258 g/mol. The molecule has 2 heterocycles. The summed E-state index contributed by atoms with van der Waals surface area (Å²) in [5.41, 5.74) is 0.417. The van der Waals surface area contributed by atoms with E-state index in [-0.39, 0.29) is 0 Å². The van der Waals surface area contributed by atoms with Crippen LogP contribution in [-0.2, 0) is 6.42 Å². The lowest BCUT2D eigenvalue weighted by atomic mass is 10.3. The van der Waals surface area contributed by atoms with Crippen molar-refractivity contribution in [3.8, 4) is 6.07 Å². The normalized spacial score (nSPS) is 10.1. The lowest BCUT2D eigenvalue weighted by Crippen LogP contribution is -2.21. The number of aromatic nitrogens is 2. The van der Waals surface area contributed by atoms with E-state index < -0.39 is 0 Å². The molecule has 0 amide bonds. The number of hydrogen-bond acceptors (Lipinski definition) is 5. The molecule has 0 saturated heterocycles. The van der Waals surface area contributed by atoms with Gasteiger partial charge in [0, 0.05) is 24.5 Å². The molecule has 4 nitrogen and oxygen atoms in total. The van der Waals surface area contributed by atoms with Crippen LogP contribution in [-0.4, -0.2) is 23.6 Å². The Morgan fingerprint density at radius 3 is 2.94 bits per heavy atom. The molecule has 0 aromatic carbocycles. The van der Waals surface area contributed by atoms with Gasteiger partial charge in [0.05, 0.1) is 0 Å². The van der Waals surface area contributed by atoms with Gasteiger partial charge >= 0.3 is 0 Å². The summed E-state index contributed by atoms with van der Waals surface area (Å²) in [5.74, 6) is 1.43. The Labute approximate surface area is 111 Å². The summed E-state index contributed by atoms with van der Waals surface area (Å²) in [7, 11) is 1.98. The first-order valence-corrected chi connectivity index (χ1v) is 6.56. The third-order valence-corrected chi connectivity index (χ3v) is 3.54. The van der Waals surface area contributed by atoms with Crippen LogP contribution in [0.3, 0.4) is 0 Å². The van der Waals surface area contributed by atoms with Gasteiger partial charge < -0.3 is 4.90 Å². The van der Waals surface area contributed by atoms with E-state index in [4.69, 9.17) is 5.26 Å². The van der Waals surface area contributed by atoms with Gasteiger partial charge in [-0.25, -0.2) is 9.97 Å². The Morgan fingerprint density at radius 2 is 2.28 bits per heavy atom. The smallest absolute Gasteiger partial charge is 0.146 e. The SMILES string of the molecule is Cc1nc(C#N)cc(N(C)CCc2cccs2)n1. The second-order valence-electron chi connectivity index (χ2n) is 4.02. The maximum absolute atomic E-state index is 8.89. The highest BCUT2D eigenvalue weighted by atomic mass is 32.1. The number of thiophene rings is 1. The summed E-state index contributed by atoms with van der Waals surface area (Å²) < 4.78 is 0. The fourth-order valence-corrected chi connectivity index (χ4v) is 2.35. The molecule has 0 bridgehead atoms. The number of nitriles is 1. The lowest BCUT2D eigenvalue weighted by molar-refractivity contribution is 0.854. The molecule has 2 aromatic rings. The van der Waals surface area contributed by atoms with Crippen molar-refractivity contribution in [1.82, 2.24) is 9.97 Å². The lowest BCUT2D eigenvalue weighted by Gasteiger charge is -2.17. The van der Waals surface area contributed by atoms with Gasteiger partial charge in [0.15, 0.2) is 0 Å². The number of rotatable bonds is 4. The van der Waals surface area contributed by atoms with Crippen molar-refractivity contribution in [2.45, 2.75) is 13.3 Å². The molecule has 18 heavy (non-hydrogen) atoms. The first kappa shape index (κ1) is 12.5. The molecule has 0 saturated carbocycles. The van der Waals surface area contributed by atoms with E-state index in [1.165, 1.54) is 4.88 Å². The molecule has 5 heteroatoms. The number of nitrogens with zero attached hydrogens (tertiary/aromatic N) is 4. The first-order valence-electron chi connectivity index (χ1n) is 5.68. The summed E-state index contributed by atoms with van der Waals surface area (Å²) in [6, 6.07) is 7.97. The molecular formula is C13H14N4S. The molecule has 0 radical (unpaired) electrons. The Hall–Kier alpha value is -1.93. The molecule has 0 spiro atoms. The molecule has 0 atom stereocenters. The largest absolute Gasteiger partial charge is 0.359 e. The van der Waals surface area contributed by atoms with Crippen molar-refractivity contribution in [3.05, 3.63) is 40.0 Å². The van der Waals surface area contributed by atoms with Crippen molar-refractivity contribution in [2.75, 3.05) is 18.5 Å². The number of aryl methyl sites for hydroxylation is 1. The summed E-state index contributed by atoms with van der Waals surface area (Å²) in [4.78, 5) is 11.8. The Kier molecular flexibility index (Phi) is 3.90. The van der Waals surface area contributed by atoms with Gasteiger partial charge in [-0.2, -0.15) is 5.26 Å². The molecule has 2 rings (SSSR count). The predicted octanol–water partition coefficient (Wildman–Crippen LogP) is 2.40. The number of anilines is 1. The molecule has 0 aliphatic carbocycles. The van der Waals surface area contributed by atoms with Crippen LogP contribution in [0.2, 0.25) is 0 Å². The highest BCUT2D eigenvalue weighted by Crippen LogP contribution is 2.14. The highest BCUT2D eigenvalue weighted by Gasteiger charge is 2.06. The second-order valence-corrected chi connectivity index (χ2v) is 5.05. The molecule has 0 N–H and O–H groups in total. The van der Waals surface area contributed by atoms with E-state index in [1.807, 2.05) is 7.05 Å². The van der Waals surface area contributed by atoms with Crippen LogP contribution in [0.25, 0.3) is 0 Å². The van der Waals surface area contributed by atoms with E-state index in [0.29, 0.717) is 11.5 Å². The van der Waals surface area contributed by atoms with Crippen LogP contribution in [0.15, 0.2) is 23.6 Å². The molecule has 0 unspecified atom stereocenters. The van der Waals surface area contributed by atoms with Crippen molar-refractivity contribution in [3.63, 3.8) is 0 Å². The van der Waals surface area contributed by atoms with E-state index >= 15 is 0 Å². The first-order chi connectivity index (χ1) is 8.69. The van der Waals surface area contributed by atoms with Gasteiger partial charge in [-0.05, 0) is 24.8 Å². The zero-order valence-electron chi connectivity index (χ0n) is 10.4. The molecule has 0 fully saturated rings. The van der Waals surface area contributed by atoms with Gasteiger partial charge in [0.2, 0.25) is 0 Å². The van der Waals surface area contributed by atoms with Gasteiger partial charge in [-0.15, -0.1) is 11.3 Å². The third kappa shape index (κ3) is 3.05. The van der Waals surface area contributed by atoms with E-state index in [0.717, 1.165) is 18.8 Å². The van der Waals surface area contributed by atoms with Crippen molar-refractivity contribution in [2.24, 2.45) is 0 Å². The van der Waals surface area contributed by atoms with Crippen LogP contribution in [0.1, 0.15) is 16.4 Å². The minimum absolute atomic E-state index is 0.417. The zero-order chi connectivity index (χ0) is 13.0. The average Bonchev–Trinajstić information content (AvgIpc) is 2.88. The van der Waals surface area contributed by atoms with Gasteiger partial charge in [-0.1, -0.05) is 6.07 Å². The maximum Gasteiger partial charge on any atom is 0.146 e. The molecule has 0 aliphatic rings. The van der Waals surface area contributed by atoms with Crippen LogP contribution in [0, 0.1) is 18.3 Å². The summed E-state index contributed by atoms with van der Waals surface area (Å²) >= 11 is 1.76. The molecule has 2 aromatic heterocycles. The van der Waals surface area contributed by atoms with Crippen molar-refractivity contribution >= 4 is 17.2 Å². The Balaban J connectivity index is 2.06. The van der Waals surface area contributed by atoms with Gasteiger partial charge in [-0.3, -0.25) is 0 Å². The van der Waals surface area contributed by atoms with Gasteiger partial charge in [0.1, 0.15) is 23.4 Å². The quantitative estimate of drug-likeness (QED) is 0.845. The maximum atomic E-state index is 8.89. The van der Waals surface area contributed by atoms with Crippen LogP contribution in [0.5, 0.6) is 0 Å². The van der Waals surface area contributed by atoms with E-state index in [2.05, 4.69) is 38.4 Å². The minimum Gasteiger partial charge on any atom is -0.359 e. The van der Waals surface area contributed by atoms with Crippen molar-refractivity contribution < 1.29 is 0 Å². The summed E-state index contributed by atoms with van der Waals surface area (Å²) in [6.07, 6.45) is 0.985. The predicted molar refractivity (Wildman–Crippen MR) is 72.8 cm³/mol. The standard InChI is InChI=1S/C13H14N4S/c1-10-15-11(9-14)8-13(16-10)17(2)6-5-12-4-3-7-18-12/h3-4,7-8H,5-6H2,1-2H3. The summed E-state index contributed by atoms with van der Waals surface area (Å²) in [5, 5.41) is 11.0. The van der Waals surface area contributed by atoms with E-state index in [9.17, 15) is 0 Å². The van der Waals surface area contributed by atoms with Crippen LogP contribution in [0.4, 0.5) is 5.82 Å². The average molecular weight is 258 g/mol. The van der Waals surface area contributed by atoms with Gasteiger partial charge in [0.25, 0.3) is 0 Å². The zero-order valence-corrected chi connectivity index (χ0v) is 11.2. The topological polar surface area (TPSA) is 52.8 Å². The Morgan fingerprint density at radius 1 is 1.44 bits per heavy atom. The Bertz CT molecular complexity index is 557. The second kappa shape index (κ2) is 5.61. The molecule has 92 valence electrons. The summed E-state index contributed by atoms with van der Waals surface area (Å²) in [6.45, 7) is 2.68.